The summed E-state index contributed by atoms with van der Waals surface area (Å²) in [5.74, 6) is -0.350. The van der Waals surface area contributed by atoms with Crippen molar-refractivity contribution in [2.45, 2.75) is 18.9 Å². The Labute approximate surface area is 172 Å². The second-order valence-electron chi connectivity index (χ2n) is 6.73. The SMILES string of the molecule is COc1cc(/C=C2\C(=O)N(C3CC3)CCN2c2cccnc2Cl)c(F)cc1Cl. The second-order valence-corrected chi connectivity index (χ2v) is 7.50. The first-order valence-electron chi connectivity index (χ1n) is 8.93. The highest BCUT2D eigenvalue weighted by molar-refractivity contribution is 6.32. The Hall–Kier alpha value is -2.31. The molecule has 1 aromatic carbocycles. The maximum absolute atomic E-state index is 14.6. The Bertz CT molecular complexity index is 962. The van der Waals surface area contributed by atoms with Crippen molar-refractivity contribution in [3.63, 3.8) is 0 Å². The van der Waals surface area contributed by atoms with Gasteiger partial charge in [-0.3, -0.25) is 4.79 Å². The number of ether oxygens (including phenoxy) is 1. The van der Waals surface area contributed by atoms with Gasteiger partial charge in [-0.05, 0) is 43.2 Å². The largest absolute Gasteiger partial charge is 0.495 e. The molecule has 2 aromatic rings. The molecule has 0 N–H and O–H groups in total. The molecule has 1 aliphatic heterocycles. The minimum atomic E-state index is -0.535. The minimum absolute atomic E-state index is 0.151. The lowest BCUT2D eigenvalue weighted by Crippen LogP contribution is -2.49. The Morgan fingerprint density at radius 3 is 2.75 bits per heavy atom. The van der Waals surface area contributed by atoms with Gasteiger partial charge in [0.1, 0.15) is 17.3 Å². The fourth-order valence-corrected chi connectivity index (χ4v) is 3.80. The molecule has 1 amide bonds. The molecular weight excluding hydrogens is 404 g/mol. The number of benzene rings is 1. The highest BCUT2D eigenvalue weighted by atomic mass is 35.5. The van der Waals surface area contributed by atoms with Crippen molar-refractivity contribution in [1.29, 1.82) is 0 Å². The summed E-state index contributed by atoms with van der Waals surface area (Å²) in [5, 5.41) is 0.458. The first kappa shape index (κ1) is 19.0. The lowest BCUT2D eigenvalue weighted by molar-refractivity contribution is -0.128. The monoisotopic (exact) mass is 421 g/mol. The van der Waals surface area contributed by atoms with Crippen molar-refractivity contribution >= 4 is 40.9 Å². The zero-order valence-electron chi connectivity index (χ0n) is 15.2. The van der Waals surface area contributed by atoms with Crippen LogP contribution in [-0.2, 0) is 4.79 Å². The van der Waals surface area contributed by atoms with E-state index in [0.717, 1.165) is 12.8 Å². The second kappa shape index (κ2) is 7.60. The number of carbonyl (C=O) groups excluding carboxylic acids is 1. The highest BCUT2D eigenvalue weighted by Crippen LogP contribution is 2.36. The minimum Gasteiger partial charge on any atom is -0.495 e. The number of methoxy groups -OCH3 is 1. The summed E-state index contributed by atoms with van der Waals surface area (Å²) >= 11 is 12.3. The number of nitrogens with zero attached hydrogens (tertiary/aromatic N) is 3. The van der Waals surface area contributed by atoms with E-state index in [1.807, 2.05) is 4.90 Å². The molecule has 0 bridgehead atoms. The van der Waals surface area contributed by atoms with Crippen LogP contribution in [-0.4, -0.2) is 42.0 Å². The zero-order valence-corrected chi connectivity index (χ0v) is 16.7. The van der Waals surface area contributed by atoms with Crippen LogP contribution in [0.25, 0.3) is 6.08 Å². The van der Waals surface area contributed by atoms with Crippen LogP contribution in [0.15, 0.2) is 36.2 Å². The third kappa shape index (κ3) is 3.54. The number of hydrogen-bond donors (Lipinski definition) is 0. The van der Waals surface area contributed by atoms with E-state index in [1.54, 1.807) is 23.2 Å². The Kier molecular flexibility index (Phi) is 5.17. The molecule has 8 heteroatoms. The zero-order chi connectivity index (χ0) is 19.8. The average molecular weight is 422 g/mol. The van der Waals surface area contributed by atoms with Gasteiger partial charge in [-0.2, -0.15) is 0 Å². The number of halogens is 3. The fourth-order valence-electron chi connectivity index (χ4n) is 3.35. The first-order valence-corrected chi connectivity index (χ1v) is 9.69. The van der Waals surface area contributed by atoms with Crippen molar-refractivity contribution in [2.75, 3.05) is 25.1 Å². The van der Waals surface area contributed by atoms with Gasteiger partial charge in [0.2, 0.25) is 0 Å². The lowest BCUT2D eigenvalue weighted by Gasteiger charge is -2.38. The van der Waals surface area contributed by atoms with E-state index in [1.165, 1.54) is 25.3 Å². The van der Waals surface area contributed by atoms with Gasteiger partial charge in [0.25, 0.3) is 5.91 Å². The van der Waals surface area contributed by atoms with Crippen LogP contribution in [0.2, 0.25) is 10.2 Å². The molecule has 146 valence electrons. The van der Waals surface area contributed by atoms with Gasteiger partial charge in [-0.1, -0.05) is 23.2 Å². The van der Waals surface area contributed by atoms with Crippen LogP contribution in [0.3, 0.4) is 0 Å². The Morgan fingerprint density at radius 1 is 1.29 bits per heavy atom. The lowest BCUT2D eigenvalue weighted by atomic mass is 10.1. The van der Waals surface area contributed by atoms with Crippen molar-refractivity contribution in [2.24, 2.45) is 0 Å². The normalized spacial score (nSPS) is 18.7. The van der Waals surface area contributed by atoms with Gasteiger partial charge in [0.05, 0.1) is 17.8 Å². The molecule has 1 saturated heterocycles. The predicted octanol–water partition coefficient (Wildman–Crippen LogP) is 4.39. The molecule has 0 radical (unpaired) electrons. The van der Waals surface area contributed by atoms with Gasteiger partial charge in [-0.15, -0.1) is 0 Å². The smallest absolute Gasteiger partial charge is 0.270 e. The standard InChI is InChI=1S/C20H18Cl2FN3O2/c1-28-18-10-12(15(23)11-14(18)21)9-17-20(27)25(13-4-5-13)7-8-26(17)16-3-2-6-24-19(16)22/h2-3,6,9-11,13H,4-5,7-8H2,1H3/b17-9+. The fraction of sp³-hybridized carbons (Fsp3) is 0.300. The van der Waals surface area contributed by atoms with Crippen LogP contribution in [0.5, 0.6) is 5.75 Å². The van der Waals surface area contributed by atoms with Crippen LogP contribution < -0.4 is 9.64 Å². The average Bonchev–Trinajstić information content (AvgIpc) is 3.51. The topological polar surface area (TPSA) is 45.7 Å². The molecule has 0 unspecified atom stereocenters. The Balaban J connectivity index is 1.81. The molecular formula is C20H18Cl2FN3O2. The molecule has 28 heavy (non-hydrogen) atoms. The Morgan fingerprint density at radius 2 is 2.07 bits per heavy atom. The number of rotatable bonds is 4. The molecule has 0 spiro atoms. The van der Waals surface area contributed by atoms with E-state index in [2.05, 4.69) is 4.98 Å². The first-order chi connectivity index (χ1) is 13.5. The van der Waals surface area contributed by atoms with Gasteiger partial charge >= 0.3 is 0 Å². The third-order valence-corrected chi connectivity index (χ3v) is 5.50. The highest BCUT2D eigenvalue weighted by Gasteiger charge is 2.39. The summed E-state index contributed by atoms with van der Waals surface area (Å²) in [5.41, 5.74) is 1.17. The number of hydrogen-bond acceptors (Lipinski definition) is 4. The number of anilines is 1. The van der Waals surface area contributed by atoms with E-state index in [4.69, 9.17) is 27.9 Å². The summed E-state index contributed by atoms with van der Waals surface area (Å²) in [4.78, 5) is 20.9. The maximum Gasteiger partial charge on any atom is 0.270 e. The number of aromatic nitrogens is 1. The summed E-state index contributed by atoms with van der Waals surface area (Å²) in [6.07, 6.45) is 5.10. The van der Waals surface area contributed by atoms with Gasteiger partial charge in [-0.25, -0.2) is 9.37 Å². The number of carbonyl (C=O) groups is 1. The van der Waals surface area contributed by atoms with Crippen molar-refractivity contribution in [3.05, 3.63) is 57.7 Å². The summed E-state index contributed by atoms with van der Waals surface area (Å²) in [6, 6.07) is 6.47. The third-order valence-electron chi connectivity index (χ3n) is 4.92. The molecule has 2 fully saturated rings. The molecule has 4 rings (SSSR count). The quantitative estimate of drug-likeness (QED) is 0.542. The van der Waals surface area contributed by atoms with E-state index in [0.29, 0.717) is 30.2 Å². The number of pyridine rings is 1. The summed E-state index contributed by atoms with van der Waals surface area (Å²) in [6.45, 7) is 1.13. The van der Waals surface area contributed by atoms with Crippen molar-refractivity contribution in [3.8, 4) is 5.75 Å². The van der Waals surface area contributed by atoms with Gasteiger partial charge < -0.3 is 14.5 Å². The van der Waals surface area contributed by atoms with Gasteiger partial charge in [0.15, 0.2) is 5.15 Å². The molecule has 0 atom stereocenters. The van der Waals surface area contributed by atoms with Crippen LogP contribution in [0.4, 0.5) is 10.1 Å². The molecule has 1 aliphatic carbocycles. The predicted molar refractivity (Wildman–Crippen MR) is 107 cm³/mol. The van der Waals surface area contributed by atoms with E-state index < -0.39 is 5.82 Å². The maximum atomic E-state index is 14.6. The van der Waals surface area contributed by atoms with E-state index in [9.17, 15) is 9.18 Å². The van der Waals surface area contributed by atoms with E-state index >= 15 is 0 Å². The molecule has 2 aliphatic rings. The van der Waals surface area contributed by atoms with Crippen LogP contribution in [0, 0.1) is 5.82 Å². The number of piperazine rings is 1. The van der Waals surface area contributed by atoms with Gasteiger partial charge in [0, 0.05) is 30.9 Å². The summed E-state index contributed by atoms with van der Waals surface area (Å²) < 4.78 is 19.7. The molecule has 1 saturated carbocycles. The van der Waals surface area contributed by atoms with Crippen LogP contribution >= 0.6 is 23.2 Å². The molecule has 5 nitrogen and oxygen atoms in total. The van der Waals surface area contributed by atoms with E-state index in [-0.39, 0.29) is 27.7 Å². The van der Waals surface area contributed by atoms with Crippen molar-refractivity contribution in [1.82, 2.24) is 9.88 Å². The number of amides is 1. The van der Waals surface area contributed by atoms with Crippen LogP contribution in [0.1, 0.15) is 18.4 Å². The summed E-state index contributed by atoms with van der Waals surface area (Å²) in [7, 11) is 1.46. The van der Waals surface area contributed by atoms with Crippen molar-refractivity contribution < 1.29 is 13.9 Å². The molecule has 2 heterocycles. The molecule has 1 aromatic heterocycles.